The van der Waals surface area contributed by atoms with Gasteiger partial charge in [0.25, 0.3) is 0 Å². The third kappa shape index (κ3) is 3.52. The number of carbonyl (C=O) groups excluding carboxylic acids is 1. The second-order valence-electron chi connectivity index (χ2n) is 6.25. The number of rotatable bonds is 5. The minimum Gasteiger partial charge on any atom is -0.494 e. The Morgan fingerprint density at radius 2 is 2.04 bits per heavy atom. The van der Waals surface area contributed by atoms with Gasteiger partial charge in [-0.3, -0.25) is 0 Å². The lowest BCUT2D eigenvalue weighted by Crippen LogP contribution is -2.26. The van der Waals surface area contributed by atoms with Gasteiger partial charge in [0.2, 0.25) is 0 Å². The first-order valence-corrected chi connectivity index (χ1v) is 8.63. The molecule has 4 nitrogen and oxygen atoms in total. The number of ether oxygens (including phenoxy) is 2. The highest BCUT2D eigenvalue weighted by molar-refractivity contribution is 5.84. The van der Waals surface area contributed by atoms with Crippen molar-refractivity contribution in [3.05, 3.63) is 30.5 Å². The molecule has 0 radical (unpaired) electrons. The lowest BCUT2D eigenvalue weighted by atomic mass is 9.98. The highest BCUT2D eigenvalue weighted by Crippen LogP contribution is 2.27. The van der Waals surface area contributed by atoms with Crippen molar-refractivity contribution < 1.29 is 14.3 Å². The van der Waals surface area contributed by atoms with Crippen LogP contribution in [0.4, 0.5) is 0 Å². The maximum Gasteiger partial charge on any atom is 0.329 e. The fourth-order valence-corrected chi connectivity index (χ4v) is 3.30. The number of hydrogen-bond donors (Lipinski definition) is 0. The van der Waals surface area contributed by atoms with Crippen LogP contribution in [0.25, 0.3) is 10.9 Å². The molecule has 1 aliphatic carbocycles. The maximum absolute atomic E-state index is 12.5. The minimum atomic E-state index is -0.313. The Bertz CT molecular complexity index is 670. The Balaban J connectivity index is 1.74. The molecule has 1 atom stereocenters. The summed E-state index contributed by atoms with van der Waals surface area (Å²) in [5, 5.41) is 1.08. The molecule has 1 fully saturated rings. The summed E-state index contributed by atoms with van der Waals surface area (Å²) in [6, 6.07) is 7.66. The molecule has 0 bridgehead atoms. The summed E-state index contributed by atoms with van der Waals surface area (Å²) in [5.41, 5.74) is 1.03. The first-order chi connectivity index (χ1) is 11.2. The van der Waals surface area contributed by atoms with Crippen LogP contribution < -0.4 is 4.74 Å². The van der Waals surface area contributed by atoms with Crippen molar-refractivity contribution in [1.82, 2.24) is 4.57 Å². The normalized spacial score (nSPS) is 17.1. The Hall–Kier alpha value is -1.97. The lowest BCUT2D eigenvalue weighted by Gasteiger charge is -2.24. The predicted molar refractivity (Wildman–Crippen MR) is 90.8 cm³/mol. The topological polar surface area (TPSA) is 40.5 Å². The molecule has 1 saturated carbocycles. The van der Waals surface area contributed by atoms with E-state index in [0.717, 1.165) is 29.5 Å². The number of benzene rings is 1. The van der Waals surface area contributed by atoms with Crippen LogP contribution in [-0.4, -0.2) is 23.2 Å². The lowest BCUT2D eigenvalue weighted by molar-refractivity contribution is -0.153. The molecule has 23 heavy (non-hydrogen) atoms. The van der Waals surface area contributed by atoms with E-state index < -0.39 is 0 Å². The van der Waals surface area contributed by atoms with Gasteiger partial charge in [0, 0.05) is 17.1 Å². The van der Waals surface area contributed by atoms with Gasteiger partial charge in [0.15, 0.2) is 0 Å². The van der Waals surface area contributed by atoms with Crippen molar-refractivity contribution in [1.29, 1.82) is 0 Å². The van der Waals surface area contributed by atoms with Crippen LogP contribution in [0.15, 0.2) is 30.5 Å². The predicted octanol–water partition coefficient (Wildman–Crippen LogP) is 4.48. The van der Waals surface area contributed by atoms with E-state index in [2.05, 4.69) is 0 Å². The number of carbonyl (C=O) groups is 1. The van der Waals surface area contributed by atoms with E-state index in [4.69, 9.17) is 9.47 Å². The number of fused-ring (bicyclic) bond motifs is 1. The molecular weight excluding hydrogens is 290 g/mol. The molecule has 1 aromatic heterocycles. The summed E-state index contributed by atoms with van der Waals surface area (Å²) in [5.74, 6) is 0.721. The Kier molecular flexibility index (Phi) is 4.89. The van der Waals surface area contributed by atoms with E-state index in [1.54, 1.807) is 0 Å². The molecule has 0 amide bonds. The zero-order chi connectivity index (χ0) is 16.2. The second kappa shape index (κ2) is 7.07. The first-order valence-electron chi connectivity index (χ1n) is 8.63. The first kappa shape index (κ1) is 15.9. The molecular formula is C19H25NO3. The quantitative estimate of drug-likeness (QED) is 0.764. The van der Waals surface area contributed by atoms with Crippen LogP contribution in [0.3, 0.4) is 0 Å². The summed E-state index contributed by atoms with van der Waals surface area (Å²) < 4.78 is 13.2. The number of aromatic nitrogens is 1. The zero-order valence-electron chi connectivity index (χ0n) is 14.0. The fourth-order valence-electron chi connectivity index (χ4n) is 3.30. The maximum atomic E-state index is 12.5. The van der Waals surface area contributed by atoms with Gasteiger partial charge in [-0.05, 0) is 63.8 Å². The molecule has 0 spiro atoms. The molecule has 3 rings (SSSR count). The summed E-state index contributed by atoms with van der Waals surface area (Å²) in [6.45, 7) is 4.52. The van der Waals surface area contributed by atoms with E-state index in [1.807, 2.05) is 48.9 Å². The average Bonchev–Trinajstić information content (AvgIpc) is 2.98. The number of esters is 1. The smallest absolute Gasteiger partial charge is 0.329 e. The summed E-state index contributed by atoms with van der Waals surface area (Å²) in [6.07, 6.45) is 7.65. The SMILES string of the molecule is CCOc1ccc2c(ccn2C(C)C(=O)OC2CCCCC2)c1. The molecule has 1 unspecified atom stereocenters. The van der Waals surface area contributed by atoms with E-state index in [1.165, 1.54) is 19.3 Å². The monoisotopic (exact) mass is 315 g/mol. The van der Waals surface area contributed by atoms with Crippen LogP contribution in [0.5, 0.6) is 5.75 Å². The zero-order valence-corrected chi connectivity index (χ0v) is 14.0. The van der Waals surface area contributed by atoms with Crippen molar-refractivity contribution in [2.45, 2.75) is 58.1 Å². The van der Waals surface area contributed by atoms with Crippen LogP contribution in [0.2, 0.25) is 0 Å². The number of hydrogen-bond acceptors (Lipinski definition) is 3. The Morgan fingerprint density at radius 1 is 1.26 bits per heavy atom. The highest BCUT2D eigenvalue weighted by Gasteiger charge is 2.23. The fraction of sp³-hybridized carbons (Fsp3) is 0.526. The Morgan fingerprint density at radius 3 is 2.78 bits per heavy atom. The molecule has 0 N–H and O–H groups in total. The Labute approximate surface area is 137 Å². The van der Waals surface area contributed by atoms with Gasteiger partial charge in [-0.25, -0.2) is 4.79 Å². The van der Waals surface area contributed by atoms with Gasteiger partial charge in [-0.15, -0.1) is 0 Å². The summed E-state index contributed by atoms with van der Waals surface area (Å²) in [4.78, 5) is 12.5. The van der Waals surface area contributed by atoms with Gasteiger partial charge in [0.1, 0.15) is 17.9 Å². The van der Waals surface area contributed by atoms with Crippen molar-refractivity contribution >= 4 is 16.9 Å². The van der Waals surface area contributed by atoms with Gasteiger partial charge in [-0.1, -0.05) is 6.42 Å². The molecule has 2 aromatic rings. The third-order valence-corrected chi connectivity index (χ3v) is 4.60. The largest absolute Gasteiger partial charge is 0.494 e. The van der Waals surface area contributed by atoms with Crippen molar-refractivity contribution in [3.63, 3.8) is 0 Å². The molecule has 4 heteroatoms. The van der Waals surface area contributed by atoms with Gasteiger partial charge in [-0.2, -0.15) is 0 Å². The molecule has 1 aromatic carbocycles. The van der Waals surface area contributed by atoms with Crippen LogP contribution in [-0.2, 0) is 9.53 Å². The molecule has 0 saturated heterocycles. The minimum absolute atomic E-state index is 0.102. The standard InChI is InChI=1S/C19H25NO3/c1-3-22-17-9-10-18-15(13-17)11-12-20(18)14(2)19(21)23-16-7-5-4-6-8-16/h9-14,16H,3-8H2,1-2H3. The van der Waals surface area contributed by atoms with Crippen LogP contribution in [0, 0.1) is 0 Å². The molecule has 1 aliphatic rings. The van der Waals surface area contributed by atoms with E-state index in [-0.39, 0.29) is 18.1 Å². The molecule has 1 heterocycles. The van der Waals surface area contributed by atoms with Gasteiger partial charge >= 0.3 is 5.97 Å². The molecule has 0 aliphatic heterocycles. The average molecular weight is 315 g/mol. The highest BCUT2D eigenvalue weighted by atomic mass is 16.5. The van der Waals surface area contributed by atoms with Crippen LogP contribution in [0.1, 0.15) is 52.0 Å². The van der Waals surface area contributed by atoms with E-state index in [0.29, 0.717) is 6.61 Å². The van der Waals surface area contributed by atoms with Crippen molar-refractivity contribution in [2.75, 3.05) is 6.61 Å². The second-order valence-corrected chi connectivity index (χ2v) is 6.25. The van der Waals surface area contributed by atoms with Crippen LogP contribution >= 0.6 is 0 Å². The summed E-state index contributed by atoms with van der Waals surface area (Å²) >= 11 is 0. The third-order valence-electron chi connectivity index (χ3n) is 4.60. The summed E-state index contributed by atoms with van der Waals surface area (Å²) in [7, 11) is 0. The van der Waals surface area contributed by atoms with E-state index in [9.17, 15) is 4.79 Å². The number of nitrogens with zero attached hydrogens (tertiary/aromatic N) is 1. The molecule has 124 valence electrons. The van der Waals surface area contributed by atoms with E-state index >= 15 is 0 Å². The van der Waals surface area contributed by atoms with Crippen molar-refractivity contribution in [2.24, 2.45) is 0 Å². The van der Waals surface area contributed by atoms with Crippen molar-refractivity contribution in [3.8, 4) is 5.75 Å². The van der Waals surface area contributed by atoms with Gasteiger partial charge < -0.3 is 14.0 Å². The van der Waals surface area contributed by atoms with Gasteiger partial charge in [0.05, 0.1) is 6.61 Å².